The van der Waals surface area contributed by atoms with Crippen molar-refractivity contribution in [3.8, 4) is 11.5 Å². The summed E-state index contributed by atoms with van der Waals surface area (Å²) in [7, 11) is 1.52. The number of azide groups is 1. The maximum atomic E-state index is 12.5. The SMILES string of the molecule is COc1ccc(O[C@@H]2O[C@H](COCc3ccccc3)[C@@H](O[C@@H]3O[C@H](COCc4ccccc4)[C@H](N=[N+]=[N-])[C@H](OC(C)=O)[C@H]3OC(C)=O)[C@H](O)[C@H]2NC(C)=O)cc1. The largest absolute Gasteiger partial charge is 0.497 e. The lowest BCUT2D eigenvalue weighted by Gasteiger charge is -2.48. The third-order valence-electron chi connectivity index (χ3n) is 8.84. The molecule has 0 aromatic heterocycles. The van der Waals surface area contributed by atoms with E-state index in [4.69, 9.17) is 42.6 Å². The number of nitrogens with one attached hydrogen (secondary N) is 1. The van der Waals surface area contributed by atoms with Gasteiger partial charge in [0.25, 0.3) is 0 Å². The van der Waals surface area contributed by atoms with Crippen molar-refractivity contribution in [1.29, 1.82) is 0 Å². The number of benzene rings is 3. The van der Waals surface area contributed by atoms with Crippen LogP contribution in [0.5, 0.6) is 11.5 Å². The van der Waals surface area contributed by atoms with Gasteiger partial charge in [0.15, 0.2) is 18.5 Å². The van der Waals surface area contributed by atoms with Gasteiger partial charge in [-0.05, 0) is 40.9 Å². The number of hydrogen-bond acceptors (Lipinski definition) is 14. The lowest BCUT2D eigenvalue weighted by atomic mass is 9.94. The van der Waals surface area contributed by atoms with Crippen molar-refractivity contribution < 1.29 is 62.1 Å². The van der Waals surface area contributed by atoms with Crippen LogP contribution in [0.3, 0.4) is 0 Å². The highest BCUT2D eigenvalue weighted by molar-refractivity contribution is 5.73. The van der Waals surface area contributed by atoms with Crippen molar-refractivity contribution in [2.24, 2.45) is 5.11 Å². The highest BCUT2D eigenvalue weighted by atomic mass is 16.7. The normalized spacial score (nSPS) is 27.2. The van der Waals surface area contributed by atoms with Gasteiger partial charge in [-0.25, -0.2) is 0 Å². The first kappa shape index (κ1) is 41.9. The molecule has 56 heavy (non-hydrogen) atoms. The van der Waals surface area contributed by atoms with E-state index in [1.54, 1.807) is 24.3 Å². The number of carbonyl (C=O) groups is 3. The fourth-order valence-corrected chi connectivity index (χ4v) is 6.37. The average Bonchev–Trinajstić information content (AvgIpc) is 3.17. The maximum Gasteiger partial charge on any atom is 0.303 e. The molecule has 2 N–H and O–H groups in total. The van der Waals surface area contributed by atoms with Crippen LogP contribution in [0.25, 0.3) is 10.4 Å². The summed E-state index contributed by atoms with van der Waals surface area (Å²) in [6.45, 7) is 3.53. The summed E-state index contributed by atoms with van der Waals surface area (Å²) in [5, 5.41) is 18.6. The second kappa shape index (κ2) is 20.6. The van der Waals surface area contributed by atoms with Gasteiger partial charge in [0.05, 0.1) is 39.6 Å². The van der Waals surface area contributed by atoms with Crippen LogP contribution < -0.4 is 14.8 Å². The topological polar surface area (TPSA) is 215 Å². The van der Waals surface area contributed by atoms with Crippen LogP contribution in [0.1, 0.15) is 31.9 Å². The molecule has 10 atom stereocenters. The molecule has 17 heteroatoms. The highest BCUT2D eigenvalue weighted by Crippen LogP contribution is 2.34. The quantitative estimate of drug-likeness (QED) is 0.0866. The molecule has 0 saturated carbocycles. The Balaban J connectivity index is 1.48. The Morgan fingerprint density at radius 3 is 1.82 bits per heavy atom. The molecule has 3 aromatic carbocycles. The third kappa shape index (κ3) is 11.6. The van der Waals surface area contributed by atoms with E-state index in [1.165, 1.54) is 14.0 Å². The second-order valence-electron chi connectivity index (χ2n) is 13.0. The van der Waals surface area contributed by atoms with Crippen molar-refractivity contribution in [2.45, 2.75) is 95.3 Å². The highest BCUT2D eigenvalue weighted by Gasteiger charge is 2.54. The number of rotatable bonds is 17. The summed E-state index contributed by atoms with van der Waals surface area (Å²) < 4.78 is 53.9. The van der Waals surface area contributed by atoms with Gasteiger partial charge < -0.3 is 53.1 Å². The molecule has 0 unspecified atom stereocenters. The first-order valence-corrected chi connectivity index (χ1v) is 17.9. The molecule has 2 aliphatic rings. The van der Waals surface area contributed by atoms with E-state index in [2.05, 4.69) is 15.3 Å². The molecule has 5 rings (SSSR count). The van der Waals surface area contributed by atoms with Gasteiger partial charge >= 0.3 is 11.9 Å². The summed E-state index contributed by atoms with van der Waals surface area (Å²) in [6.07, 6.45) is -10.9. The third-order valence-corrected chi connectivity index (χ3v) is 8.84. The minimum absolute atomic E-state index is 0.158. The Labute approximate surface area is 323 Å². The van der Waals surface area contributed by atoms with Crippen molar-refractivity contribution in [2.75, 3.05) is 20.3 Å². The number of methoxy groups -OCH3 is 1. The predicted octanol–water partition coefficient (Wildman–Crippen LogP) is 3.75. The Morgan fingerprint density at radius 1 is 0.750 bits per heavy atom. The lowest BCUT2D eigenvalue weighted by molar-refractivity contribution is -0.335. The molecular formula is C39H46N4O13. The van der Waals surface area contributed by atoms with Crippen LogP contribution in [-0.4, -0.2) is 105 Å². The van der Waals surface area contributed by atoms with E-state index in [9.17, 15) is 25.0 Å². The molecule has 0 bridgehead atoms. The van der Waals surface area contributed by atoms with Crippen LogP contribution in [0.15, 0.2) is 90.0 Å². The van der Waals surface area contributed by atoms with Crippen molar-refractivity contribution in [3.63, 3.8) is 0 Å². The molecule has 0 aliphatic carbocycles. The van der Waals surface area contributed by atoms with Gasteiger partial charge in [-0.15, -0.1) is 0 Å². The number of amides is 1. The van der Waals surface area contributed by atoms with E-state index in [-0.39, 0.29) is 26.4 Å². The average molecular weight is 779 g/mol. The Kier molecular flexibility index (Phi) is 15.4. The number of carbonyl (C=O) groups excluding carboxylic acids is 3. The lowest BCUT2D eigenvalue weighted by Crippen LogP contribution is -2.68. The fraction of sp³-hybridized carbons (Fsp3) is 0.462. The van der Waals surface area contributed by atoms with Gasteiger partial charge in [-0.2, -0.15) is 0 Å². The van der Waals surface area contributed by atoms with E-state index < -0.39 is 79.1 Å². The predicted molar refractivity (Wildman–Crippen MR) is 196 cm³/mol. The molecular weight excluding hydrogens is 732 g/mol. The van der Waals surface area contributed by atoms with Crippen molar-refractivity contribution in [3.05, 3.63) is 106 Å². The first-order valence-electron chi connectivity index (χ1n) is 17.9. The van der Waals surface area contributed by atoms with Crippen LogP contribution in [0, 0.1) is 0 Å². The molecule has 17 nitrogen and oxygen atoms in total. The van der Waals surface area contributed by atoms with Crippen LogP contribution >= 0.6 is 0 Å². The van der Waals surface area contributed by atoms with E-state index in [1.807, 2.05) is 60.7 Å². The first-order chi connectivity index (χ1) is 27.1. The number of aliphatic hydroxyl groups excluding tert-OH is 1. The van der Waals surface area contributed by atoms with Crippen molar-refractivity contribution in [1.82, 2.24) is 5.32 Å². The van der Waals surface area contributed by atoms with E-state index in [0.29, 0.717) is 11.5 Å². The molecule has 2 fully saturated rings. The van der Waals surface area contributed by atoms with Crippen LogP contribution in [0.2, 0.25) is 0 Å². The summed E-state index contributed by atoms with van der Waals surface area (Å²) in [5.74, 6) is -1.15. The van der Waals surface area contributed by atoms with E-state index in [0.717, 1.165) is 25.0 Å². The molecule has 300 valence electrons. The zero-order valence-corrected chi connectivity index (χ0v) is 31.4. The zero-order valence-electron chi connectivity index (χ0n) is 31.4. The van der Waals surface area contributed by atoms with Gasteiger partial charge in [0, 0.05) is 25.7 Å². The Bertz CT molecular complexity index is 1760. The van der Waals surface area contributed by atoms with Gasteiger partial charge in [-0.3, -0.25) is 14.4 Å². The Morgan fingerprint density at radius 2 is 1.29 bits per heavy atom. The molecule has 0 radical (unpaired) electrons. The molecule has 1 amide bonds. The smallest absolute Gasteiger partial charge is 0.303 e. The summed E-state index contributed by atoms with van der Waals surface area (Å²) in [5.41, 5.74) is 11.3. The maximum absolute atomic E-state index is 12.5. The second-order valence-corrected chi connectivity index (χ2v) is 13.0. The molecule has 3 aromatic rings. The number of aliphatic hydroxyl groups is 1. The van der Waals surface area contributed by atoms with Crippen LogP contribution in [0.4, 0.5) is 0 Å². The number of hydrogen-bond donors (Lipinski definition) is 2. The molecule has 2 saturated heterocycles. The van der Waals surface area contributed by atoms with Gasteiger partial charge in [0.1, 0.15) is 41.9 Å². The zero-order chi connectivity index (χ0) is 40.0. The number of nitrogens with zero attached hydrogens (tertiary/aromatic N) is 3. The minimum atomic E-state index is -1.57. The number of esters is 2. The molecule has 0 spiro atoms. The molecule has 2 heterocycles. The summed E-state index contributed by atoms with van der Waals surface area (Å²) >= 11 is 0. The van der Waals surface area contributed by atoms with E-state index >= 15 is 0 Å². The summed E-state index contributed by atoms with van der Waals surface area (Å²) in [6, 6.07) is 22.8. The fourth-order valence-electron chi connectivity index (χ4n) is 6.37. The molecule has 2 aliphatic heterocycles. The van der Waals surface area contributed by atoms with Gasteiger partial charge in [0.2, 0.25) is 12.2 Å². The standard InChI is InChI=1S/C39H46N4O13/c1-23(44)41-33-34(47)35(31(22-50-20-27-13-9-6-10-14-27)55-38(33)53-29-17-15-28(48-4)16-18-29)56-39-37(52-25(3)46)36(51-24(2)45)32(42-43-40)30(54-39)21-49-19-26-11-7-5-8-12-26/h5-18,30-39,47H,19-22H2,1-4H3,(H,41,44)/t30-,31-,32+,33-,34-,35-,36+,37-,38-,39+/m1/s1. The summed E-state index contributed by atoms with van der Waals surface area (Å²) in [4.78, 5) is 40.4. The minimum Gasteiger partial charge on any atom is -0.497 e. The monoisotopic (exact) mass is 778 g/mol. The number of ether oxygens (including phenoxy) is 9. The van der Waals surface area contributed by atoms with Gasteiger partial charge in [-0.1, -0.05) is 65.8 Å². The van der Waals surface area contributed by atoms with Crippen LogP contribution in [-0.2, 0) is 60.8 Å². The Hall–Kier alpha value is -5.26. The van der Waals surface area contributed by atoms with Crippen molar-refractivity contribution >= 4 is 17.8 Å².